The molecule has 0 saturated heterocycles. The third-order valence-corrected chi connectivity index (χ3v) is 3.69. The molecule has 5 nitrogen and oxygen atoms in total. The van der Waals surface area contributed by atoms with Crippen LogP contribution in [-0.2, 0) is 16.8 Å². The SMILES string of the molecule is CCOC1(c2n[nH]c(CC#N)n2)CCC(C)CC1. The summed E-state index contributed by atoms with van der Waals surface area (Å²) in [4.78, 5) is 4.43. The number of aromatic amines is 1. The van der Waals surface area contributed by atoms with Gasteiger partial charge >= 0.3 is 0 Å². The highest BCUT2D eigenvalue weighted by atomic mass is 16.5. The Labute approximate surface area is 108 Å². The Hall–Kier alpha value is -1.41. The van der Waals surface area contributed by atoms with E-state index in [1.54, 1.807) is 0 Å². The van der Waals surface area contributed by atoms with E-state index >= 15 is 0 Å². The van der Waals surface area contributed by atoms with Gasteiger partial charge in [-0.05, 0) is 38.5 Å². The maximum atomic E-state index is 8.67. The minimum absolute atomic E-state index is 0.269. The molecule has 0 radical (unpaired) electrons. The van der Waals surface area contributed by atoms with Crippen molar-refractivity contribution in [1.82, 2.24) is 15.2 Å². The Morgan fingerprint density at radius 1 is 1.50 bits per heavy atom. The predicted octanol–water partition coefficient (Wildman–Crippen LogP) is 2.31. The van der Waals surface area contributed by atoms with Crippen molar-refractivity contribution in [3.05, 3.63) is 11.6 Å². The van der Waals surface area contributed by atoms with Gasteiger partial charge in [0.05, 0.1) is 12.5 Å². The molecule has 18 heavy (non-hydrogen) atoms. The summed E-state index contributed by atoms with van der Waals surface area (Å²) in [7, 11) is 0. The molecular weight excluding hydrogens is 228 g/mol. The summed E-state index contributed by atoms with van der Waals surface area (Å²) in [5, 5.41) is 15.8. The molecule has 5 heteroatoms. The second kappa shape index (κ2) is 5.49. The second-order valence-corrected chi connectivity index (χ2v) is 5.05. The van der Waals surface area contributed by atoms with Gasteiger partial charge in [-0.2, -0.15) is 10.4 Å². The van der Waals surface area contributed by atoms with Crippen molar-refractivity contribution in [3.63, 3.8) is 0 Å². The minimum Gasteiger partial charge on any atom is -0.367 e. The fraction of sp³-hybridized carbons (Fsp3) is 0.769. The van der Waals surface area contributed by atoms with E-state index in [1.807, 2.05) is 6.92 Å². The number of hydrogen-bond donors (Lipinski definition) is 1. The normalized spacial score (nSPS) is 27.9. The zero-order valence-corrected chi connectivity index (χ0v) is 11.1. The van der Waals surface area contributed by atoms with E-state index < -0.39 is 0 Å². The third-order valence-electron chi connectivity index (χ3n) is 3.69. The van der Waals surface area contributed by atoms with Crippen LogP contribution >= 0.6 is 0 Å². The molecule has 1 heterocycles. The van der Waals surface area contributed by atoms with Gasteiger partial charge in [0, 0.05) is 6.61 Å². The van der Waals surface area contributed by atoms with E-state index in [0.717, 1.165) is 37.4 Å². The van der Waals surface area contributed by atoms with Crippen LogP contribution in [0.15, 0.2) is 0 Å². The van der Waals surface area contributed by atoms with Crippen LogP contribution in [0.3, 0.4) is 0 Å². The van der Waals surface area contributed by atoms with Gasteiger partial charge in [0.1, 0.15) is 11.4 Å². The Morgan fingerprint density at radius 3 is 2.83 bits per heavy atom. The van der Waals surface area contributed by atoms with Crippen molar-refractivity contribution in [2.45, 2.75) is 51.6 Å². The number of ether oxygens (including phenoxy) is 1. The summed E-state index contributed by atoms with van der Waals surface area (Å²) in [5.41, 5.74) is -0.342. The van der Waals surface area contributed by atoms with Gasteiger partial charge in [0.25, 0.3) is 0 Å². The lowest BCUT2D eigenvalue weighted by atomic mass is 9.79. The zero-order valence-electron chi connectivity index (χ0n) is 11.1. The second-order valence-electron chi connectivity index (χ2n) is 5.05. The molecule has 1 aliphatic rings. The molecule has 1 aromatic rings. The van der Waals surface area contributed by atoms with Gasteiger partial charge in [-0.1, -0.05) is 6.92 Å². The van der Waals surface area contributed by atoms with Gasteiger partial charge < -0.3 is 4.74 Å². The number of aromatic nitrogens is 3. The Morgan fingerprint density at radius 2 is 2.22 bits per heavy atom. The summed E-state index contributed by atoms with van der Waals surface area (Å²) in [5.74, 6) is 2.10. The van der Waals surface area contributed by atoms with E-state index in [2.05, 4.69) is 28.2 Å². The van der Waals surface area contributed by atoms with Crippen LogP contribution in [0.1, 0.15) is 51.2 Å². The molecule has 98 valence electrons. The number of nitrogens with one attached hydrogen (secondary N) is 1. The highest BCUT2D eigenvalue weighted by molar-refractivity contribution is 5.07. The van der Waals surface area contributed by atoms with Gasteiger partial charge in [-0.25, -0.2) is 4.98 Å². The average molecular weight is 248 g/mol. The van der Waals surface area contributed by atoms with Crippen LogP contribution in [-0.4, -0.2) is 21.8 Å². The van der Waals surface area contributed by atoms with Crippen LogP contribution in [0.5, 0.6) is 0 Å². The largest absolute Gasteiger partial charge is 0.367 e. The maximum Gasteiger partial charge on any atom is 0.182 e. The van der Waals surface area contributed by atoms with E-state index in [4.69, 9.17) is 10.00 Å². The average Bonchev–Trinajstić information content (AvgIpc) is 2.82. The molecule has 0 aromatic carbocycles. The molecule has 1 aromatic heterocycles. The Kier molecular flexibility index (Phi) is 3.97. The highest BCUT2D eigenvalue weighted by Crippen LogP contribution is 2.40. The van der Waals surface area contributed by atoms with Crippen molar-refractivity contribution >= 4 is 0 Å². The molecule has 2 rings (SSSR count). The van der Waals surface area contributed by atoms with Crippen molar-refractivity contribution < 1.29 is 4.74 Å². The van der Waals surface area contributed by atoms with Gasteiger partial charge in [-0.15, -0.1) is 0 Å². The van der Waals surface area contributed by atoms with Crippen LogP contribution in [0.2, 0.25) is 0 Å². The summed E-state index contributed by atoms with van der Waals surface area (Å²) >= 11 is 0. The van der Waals surface area contributed by atoms with Crippen molar-refractivity contribution in [2.24, 2.45) is 5.92 Å². The predicted molar refractivity (Wildman–Crippen MR) is 66.6 cm³/mol. The van der Waals surface area contributed by atoms with E-state index in [0.29, 0.717) is 12.4 Å². The van der Waals surface area contributed by atoms with Gasteiger partial charge in [0.2, 0.25) is 0 Å². The summed E-state index contributed by atoms with van der Waals surface area (Å²) < 4.78 is 5.97. The summed E-state index contributed by atoms with van der Waals surface area (Å²) in [6.45, 7) is 4.94. The number of nitrogens with zero attached hydrogens (tertiary/aromatic N) is 3. The maximum absolute atomic E-state index is 8.67. The van der Waals surface area contributed by atoms with Crippen molar-refractivity contribution in [1.29, 1.82) is 5.26 Å². The Bertz CT molecular complexity index is 426. The first kappa shape index (κ1) is 13.0. The molecule has 1 N–H and O–H groups in total. The molecule has 0 unspecified atom stereocenters. The quantitative estimate of drug-likeness (QED) is 0.887. The number of rotatable bonds is 4. The first-order valence-electron chi connectivity index (χ1n) is 6.63. The molecule has 1 aliphatic carbocycles. The molecule has 1 fully saturated rings. The summed E-state index contributed by atoms with van der Waals surface area (Å²) in [6, 6.07) is 2.08. The lowest BCUT2D eigenvalue weighted by molar-refractivity contribution is -0.0835. The Balaban J connectivity index is 2.20. The van der Waals surface area contributed by atoms with E-state index in [-0.39, 0.29) is 12.0 Å². The van der Waals surface area contributed by atoms with Crippen LogP contribution in [0, 0.1) is 17.2 Å². The van der Waals surface area contributed by atoms with Crippen LogP contribution < -0.4 is 0 Å². The fourth-order valence-corrected chi connectivity index (χ4v) is 2.59. The van der Waals surface area contributed by atoms with Gasteiger partial charge in [0.15, 0.2) is 5.82 Å². The lowest BCUT2D eigenvalue weighted by Crippen LogP contribution is -2.35. The van der Waals surface area contributed by atoms with Gasteiger partial charge in [-0.3, -0.25) is 5.10 Å². The minimum atomic E-state index is -0.342. The topological polar surface area (TPSA) is 74.6 Å². The van der Waals surface area contributed by atoms with Crippen molar-refractivity contribution in [2.75, 3.05) is 6.61 Å². The molecule has 1 saturated carbocycles. The fourth-order valence-electron chi connectivity index (χ4n) is 2.59. The van der Waals surface area contributed by atoms with Crippen LogP contribution in [0.4, 0.5) is 0 Å². The number of H-pyrrole nitrogens is 1. The smallest absolute Gasteiger partial charge is 0.182 e. The third kappa shape index (κ3) is 2.54. The monoisotopic (exact) mass is 248 g/mol. The van der Waals surface area contributed by atoms with E-state index in [1.165, 1.54) is 0 Å². The van der Waals surface area contributed by atoms with Crippen molar-refractivity contribution in [3.8, 4) is 6.07 Å². The molecule has 0 aliphatic heterocycles. The number of hydrogen-bond acceptors (Lipinski definition) is 4. The van der Waals surface area contributed by atoms with E-state index in [9.17, 15) is 0 Å². The number of nitriles is 1. The molecule has 0 amide bonds. The lowest BCUT2D eigenvalue weighted by Gasteiger charge is -2.36. The molecule has 0 spiro atoms. The molecule has 0 atom stereocenters. The highest BCUT2D eigenvalue weighted by Gasteiger charge is 2.40. The van der Waals surface area contributed by atoms with Crippen LogP contribution in [0.25, 0.3) is 0 Å². The standard InChI is InChI=1S/C13H20N4O/c1-3-18-13(7-4-10(2)5-8-13)12-15-11(6-9-14)16-17-12/h10H,3-8H2,1-2H3,(H,15,16,17). The molecular formula is C13H20N4O. The zero-order chi connectivity index (χ0) is 13.0. The first-order valence-corrected chi connectivity index (χ1v) is 6.63. The molecule has 0 bridgehead atoms. The summed E-state index contributed by atoms with van der Waals surface area (Å²) in [6.07, 6.45) is 4.48. The first-order chi connectivity index (χ1) is 8.70.